The van der Waals surface area contributed by atoms with Gasteiger partial charge in [-0.3, -0.25) is 9.59 Å². The van der Waals surface area contributed by atoms with Crippen molar-refractivity contribution in [2.45, 2.75) is 345 Å². The summed E-state index contributed by atoms with van der Waals surface area (Å²) in [6.45, 7) is 2.62. The fraction of sp³-hybridized carbons (Fsp3) is 0.906. The standard InChI is InChI=1S/C64H118O15/c1-3-5-7-9-11-13-15-17-19-21-23-25-26-27-29-30-32-34-36-38-40-42-44-46-55(66)74-49-52(77-56(67)47-45-43-41-39-37-35-33-31-28-24-22-20-18-16-14-12-10-8-6-4-2)50-75-63-62(73)60(71)58(69)54(79-63)51-76-64-61(72)59(70)57(68)53(48-65)78-64/h30,32,38,40,52-54,57-65,68-73H,3-29,31,33-37,39,41-51H2,1-2H3/b32-30+,40-38+/t52-,53+,54+,57-,58-,59?,60?,61?,62?,63+,64+/m0/s1. The number of aliphatic hydroxyl groups excluding tert-OH is 7. The molecule has 0 aromatic carbocycles. The maximum absolute atomic E-state index is 13.1. The minimum atomic E-state index is -1.77. The van der Waals surface area contributed by atoms with Crippen molar-refractivity contribution >= 4 is 11.9 Å². The number of allylic oxidation sites excluding steroid dienone is 4. The fourth-order valence-electron chi connectivity index (χ4n) is 10.4. The van der Waals surface area contributed by atoms with Crippen LogP contribution in [0.4, 0.5) is 0 Å². The van der Waals surface area contributed by atoms with Gasteiger partial charge in [-0.15, -0.1) is 0 Å². The van der Waals surface area contributed by atoms with Crippen LogP contribution in [-0.4, -0.2) is 142 Å². The molecule has 0 saturated carbocycles. The Labute approximate surface area is 479 Å². The lowest BCUT2D eigenvalue weighted by Crippen LogP contribution is -2.61. The van der Waals surface area contributed by atoms with E-state index in [9.17, 15) is 45.3 Å². The number of rotatable bonds is 53. The smallest absolute Gasteiger partial charge is 0.306 e. The first-order valence-electron chi connectivity index (χ1n) is 32.4. The Balaban J connectivity index is 1.72. The van der Waals surface area contributed by atoms with E-state index in [1.54, 1.807) is 0 Å². The predicted octanol–water partition coefficient (Wildman–Crippen LogP) is 12.2. The van der Waals surface area contributed by atoms with Gasteiger partial charge in [0.2, 0.25) is 0 Å². The predicted molar refractivity (Wildman–Crippen MR) is 312 cm³/mol. The molecule has 0 amide bonds. The molecule has 0 bridgehead atoms. The lowest BCUT2D eigenvalue weighted by atomic mass is 9.98. The van der Waals surface area contributed by atoms with Crippen molar-refractivity contribution in [3.05, 3.63) is 24.3 Å². The Bertz CT molecular complexity index is 1460. The van der Waals surface area contributed by atoms with Crippen LogP contribution < -0.4 is 0 Å². The summed E-state index contributed by atoms with van der Waals surface area (Å²) in [7, 11) is 0. The zero-order chi connectivity index (χ0) is 57.4. The van der Waals surface area contributed by atoms with E-state index in [2.05, 4.69) is 38.2 Å². The summed E-state index contributed by atoms with van der Waals surface area (Å²) in [5.74, 6) is -0.957. The first-order valence-corrected chi connectivity index (χ1v) is 32.4. The highest BCUT2D eigenvalue weighted by molar-refractivity contribution is 5.70. The van der Waals surface area contributed by atoms with Gasteiger partial charge in [0, 0.05) is 12.8 Å². The Morgan fingerprint density at radius 1 is 0.392 bits per heavy atom. The lowest BCUT2D eigenvalue weighted by Gasteiger charge is -2.42. The largest absolute Gasteiger partial charge is 0.462 e. The number of hydrogen-bond donors (Lipinski definition) is 7. The quantitative estimate of drug-likeness (QED) is 0.0171. The summed E-state index contributed by atoms with van der Waals surface area (Å²) in [5.41, 5.74) is 0. The molecule has 7 N–H and O–H groups in total. The monoisotopic (exact) mass is 1130 g/mol. The van der Waals surface area contributed by atoms with Crippen molar-refractivity contribution in [2.24, 2.45) is 0 Å². The zero-order valence-corrected chi connectivity index (χ0v) is 49.9. The first kappa shape index (κ1) is 73.1. The van der Waals surface area contributed by atoms with Crippen LogP contribution in [0.2, 0.25) is 0 Å². The van der Waals surface area contributed by atoms with Gasteiger partial charge in [0.15, 0.2) is 18.7 Å². The number of hydrogen-bond acceptors (Lipinski definition) is 15. The van der Waals surface area contributed by atoms with Gasteiger partial charge in [0.1, 0.15) is 55.4 Å². The van der Waals surface area contributed by atoms with Crippen LogP contribution in [0.3, 0.4) is 0 Å². The molecule has 0 radical (unpaired) electrons. The molecule has 464 valence electrons. The molecular formula is C64H118O15. The normalized spacial score (nSPS) is 24.0. The molecule has 2 saturated heterocycles. The van der Waals surface area contributed by atoms with Gasteiger partial charge in [-0.2, -0.15) is 0 Å². The average Bonchev–Trinajstić information content (AvgIpc) is 3.52. The maximum Gasteiger partial charge on any atom is 0.306 e. The lowest BCUT2D eigenvalue weighted by molar-refractivity contribution is -0.332. The van der Waals surface area contributed by atoms with Crippen molar-refractivity contribution in [2.75, 3.05) is 26.4 Å². The molecular weight excluding hydrogens is 1010 g/mol. The van der Waals surface area contributed by atoms with E-state index in [4.69, 9.17) is 28.4 Å². The Hall–Kier alpha value is -2.02. The van der Waals surface area contributed by atoms with E-state index in [0.717, 1.165) is 38.5 Å². The van der Waals surface area contributed by atoms with Crippen LogP contribution >= 0.6 is 0 Å². The molecule has 2 aliphatic rings. The van der Waals surface area contributed by atoms with E-state index in [-0.39, 0.29) is 26.1 Å². The van der Waals surface area contributed by atoms with Crippen LogP contribution in [0.15, 0.2) is 24.3 Å². The fourth-order valence-corrected chi connectivity index (χ4v) is 10.4. The maximum atomic E-state index is 13.1. The molecule has 2 heterocycles. The molecule has 0 spiro atoms. The van der Waals surface area contributed by atoms with Gasteiger partial charge in [0.05, 0.1) is 19.8 Å². The second-order valence-corrected chi connectivity index (χ2v) is 22.9. The Kier molecular flexibility index (Phi) is 46.7. The Morgan fingerprint density at radius 2 is 0.747 bits per heavy atom. The zero-order valence-electron chi connectivity index (χ0n) is 49.9. The van der Waals surface area contributed by atoms with Crippen molar-refractivity contribution in [1.82, 2.24) is 0 Å². The molecule has 2 fully saturated rings. The molecule has 2 rings (SSSR count). The molecule has 11 atom stereocenters. The van der Waals surface area contributed by atoms with Crippen molar-refractivity contribution in [1.29, 1.82) is 0 Å². The molecule has 0 aliphatic carbocycles. The molecule has 0 aromatic rings. The number of unbranched alkanes of at least 4 members (excludes halogenated alkanes) is 35. The third kappa shape index (κ3) is 37.0. The van der Waals surface area contributed by atoms with E-state index >= 15 is 0 Å². The van der Waals surface area contributed by atoms with Crippen LogP contribution in [0.5, 0.6) is 0 Å². The van der Waals surface area contributed by atoms with Crippen LogP contribution in [0, 0.1) is 0 Å². The topological polar surface area (TPSA) is 231 Å². The summed E-state index contributed by atoms with van der Waals surface area (Å²) in [6.07, 6.45) is 40.7. The van der Waals surface area contributed by atoms with Crippen molar-refractivity contribution in [3.8, 4) is 0 Å². The van der Waals surface area contributed by atoms with E-state index in [0.29, 0.717) is 19.3 Å². The third-order valence-electron chi connectivity index (χ3n) is 15.7. The Morgan fingerprint density at radius 3 is 1.19 bits per heavy atom. The summed E-state index contributed by atoms with van der Waals surface area (Å²) < 4.78 is 33.7. The summed E-state index contributed by atoms with van der Waals surface area (Å²) in [5, 5.41) is 72.4. The molecule has 15 nitrogen and oxygen atoms in total. The van der Waals surface area contributed by atoms with Crippen molar-refractivity contribution in [3.63, 3.8) is 0 Å². The van der Waals surface area contributed by atoms with Crippen LogP contribution in [0.1, 0.15) is 277 Å². The summed E-state index contributed by atoms with van der Waals surface area (Å²) in [4.78, 5) is 26.0. The minimum Gasteiger partial charge on any atom is -0.462 e. The van der Waals surface area contributed by atoms with Crippen LogP contribution in [0.25, 0.3) is 0 Å². The number of esters is 2. The number of aliphatic hydroxyl groups is 7. The average molecular weight is 1130 g/mol. The second kappa shape index (κ2) is 50.5. The van der Waals surface area contributed by atoms with Crippen molar-refractivity contribution < 1.29 is 73.8 Å². The number of carbonyl (C=O) groups excluding carboxylic acids is 2. The first-order chi connectivity index (χ1) is 38.5. The molecule has 4 unspecified atom stereocenters. The minimum absolute atomic E-state index is 0.162. The van der Waals surface area contributed by atoms with E-state index < -0.39 is 92.7 Å². The summed E-state index contributed by atoms with van der Waals surface area (Å²) >= 11 is 0. The third-order valence-corrected chi connectivity index (χ3v) is 15.7. The van der Waals surface area contributed by atoms with Crippen LogP contribution in [-0.2, 0) is 38.0 Å². The molecule has 15 heteroatoms. The van der Waals surface area contributed by atoms with Gasteiger partial charge < -0.3 is 64.2 Å². The van der Waals surface area contributed by atoms with E-state index in [1.165, 1.54) is 193 Å². The molecule has 0 aromatic heterocycles. The van der Waals surface area contributed by atoms with Gasteiger partial charge in [-0.05, 0) is 44.9 Å². The number of ether oxygens (including phenoxy) is 6. The highest BCUT2D eigenvalue weighted by atomic mass is 16.7. The van der Waals surface area contributed by atoms with Gasteiger partial charge in [-0.1, -0.05) is 244 Å². The second-order valence-electron chi connectivity index (χ2n) is 22.9. The number of carbonyl (C=O) groups is 2. The van der Waals surface area contributed by atoms with E-state index in [1.807, 2.05) is 0 Å². The molecule has 79 heavy (non-hydrogen) atoms. The SMILES string of the molecule is CCCCCCCCCCCCCCCC/C=C/CC/C=C/CCCC(=O)OC[C@@H](CO[C@@H]1O[C@H](CO[C@@H]2O[C@H](CO)[C@H](O)C(O)C2O)[C@H](O)C(O)C1O)OC(=O)CCCCCCCCCCCCCCCCCCCCCC. The highest BCUT2D eigenvalue weighted by Crippen LogP contribution is 2.27. The molecule has 2 aliphatic heterocycles. The summed E-state index contributed by atoms with van der Waals surface area (Å²) in [6, 6.07) is 0. The highest BCUT2D eigenvalue weighted by Gasteiger charge is 2.47. The van der Waals surface area contributed by atoms with Gasteiger partial charge >= 0.3 is 11.9 Å². The van der Waals surface area contributed by atoms with Gasteiger partial charge in [0.25, 0.3) is 0 Å². The van der Waals surface area contributed by atoms with Gasteiger partial charge in [-0.25, -0.2) is 0 Å².